The first-order valence-corrected chi connectivity index (χ1v) is 7.86. The Morgan fingerprint density at radius 3 is 2.26 bits per heavy atom. The molecule has 1 atom stereocenters. The van der Waals surface area contributed by atoms with Crippen LogP contribution in [0.3, 0.4) is 0 Å². The quantitative estimate of drug-likeness (QED) is 0.815. The first-order valence-electron chi connectivity index (χ1n) is 7.86. The number of carbonyl (C=O) groups is 1. The molecule has 4 nitrogen and oxygen atoms in total. The van der Waals surface area contributed by atoms with Gasteiger partial charge in [-0.25, -0.2) is 0 Å². The summed E-state index contributed by atoms with van der Waals surface area (Å²) in [6.45, 7) is 0.970. The number of ether oxygens (including phenoxy) is 1. The molecule has 0 heterocycles. The minimum absolute atomic E-state index is 0.0319. The molecule has 0 aliphatic heterocycles. The van der Waals surface area contributed by atoms with Crippen molar-refractivity contribution in [1.29, 1.82) is 0 Å². The summed E-state index contributed by atoms with van der Waals surface area (Å²) >= 11 is 0. The van der Waals surface area contributed by atoms with Crippen molar-refractivity contribution in [3.05, 3.63) is 66.2 Å². The second kappa shape index (κ2) is 9.08. The molecule has 0 aliphatic rings. The van der Waals surface area contributed by atoms with Gasteiger partial charge in [-0.05, 0) is 24.1 Å². The highest BCUT2D eigenvalue weighted by Gasteiger charge is 2.19. The minimum Gasteiger partial charge on any atom is -0.380 e. The van der Waals surface area contributed by atoms with Crippen molar-refractivity contribution in [1.82, 2.24) is 0 Å². The first kappa shape index (κ1) is 17.2. The number of hydrogen-bond donors (Lipinski definition) is 1. The number of benzene rings is 2. The van der Waals surface area contributed by atoms with E-state index in [1.165, 1.54) is 5.56 Å². The summed E-state index contributed by atoms with van der Waals surface area (Å²) in [5, 5.41) is 0. The minimum atomic E-state index is -0.245. The predicted molar refractivity (Wildman–Crippen MR) is 93.4 cm³/mol. The largest absolute Gasteiger partial charge is 0.380 e. The second-order valence-corrected chi connectivity index (χ2v) is 5.41. The lowest BCUT2D eigenvalue weighted by atomic mass is 10.1. The lowest BCUT2D eigenvalue weighted by molar-refractivity contribution is -0.120. The van der Waals surface area contributed by atoms with Crippen LogP contribution in [-0.2, 0) is 16.0 Å². The molecule has 0 aliphatic carbocycles. The van der Waals surface area contributed by atoms with Gasteiger partial charge in [0.1, 0.15) is 0 Å². The van der Waals surface area contributed by atoms with Crippen LogP contribution in [-0.4, -0.2) is 32.2 Å². The number of anilines is 1. The normalized spacial score (nSPS) is 11.9. The fraction of sp³-hybridized carbons (Fsp3) is 0.316. The molecule has 2 aromatic rings. The van der Waals surface area contributed by atoms with E-state index in [4.69, 9.17) is 10.5 Å². The van der Waals surface area contributed by atoms with Crippen LogP contribution in [0.1, 0.15) is 12.0 Å². The zero-order valence-corrected chi connectivity index (χ0v) is 13.5. The maximum absolute atomic E-state index is 12.7. The molecule has 0 spiro atoms. The monoisotopic (exact) mass is 312 g/mol. The zero-order chi connectivity index (χ0) is 16.5. The fourth-order valence-corrected chi connectivity index (χ4v) is 2.46. The van der Waals surface area contributed by atoms with Crippen molar-refractivity contribution >= 4 is 11.6 Å². The summed E-state index contributed by atoms with van der Waals surface area (Å²) in [7, 11) is 1.58. The molecule has 2 N–H and O–H groups in total. The Hall–Kier alpha value is -2.17. The van der Waals surface area contributed by atoms with E-state index in [9.17, 15) is 4.79 Å². The number of nitrogens with zero attached hydrogens (tertiary/aromatic N) is 1. The SMILES string of the molecule is COC(CN)CC(=O)N(CCc1ccccc1)c1ccccc1. The molecule has 0 saturated heterocycles. The van der Waals surface area contributed by atoms with Gasteiger partial charge in [-0.1, -0.05) is 48.5 Å². The van der Waals surface area contributed by atoms with E-state index < -0.39 is 0 Å². The molecule has 1 amide bonds. The van der Waals surface area contributed by atoms with Gasteiger partial charge >= 0.3 is 0 Å². The van der Waals surface area contributed by atoms with Crippen molar-refractivity contribution in [2.75, 3.05) is 25.1 Å². The smallest absolute Gasteiger partial charge is 0.229 e. The van der Waals surface area contributed by atoms with Crippen LogP contribution < -0.4 is 10.6 Å². The van der Waals surface area contributed by atoms with Crippen molar-refractivity contribution in [3.63, 3.8) is 0 Å². The highest BCUT2D eigenvalue weighted by molar-refractivity contribution is 5.93. The molecule has 0 saturated carbocycles. The summed E-state index contributed by atoms with van der Waals surface area (Å²) < 4.78 is 5.25. The molecule has 2 rings (SSSR count). The molecule has 23 heavy (non-hydrogen) atoms. The highest BCUT2D eigenvalue weighted by Crippen LogP contribution is 2.16. The zero-order valence-electron chi connectivity index (χ0n) is 13.5. The van der Waals surface area contributed by atoms with E-state index in [1.54, 1.807) is 7.11 Å². The lowest BCUT2D eigenvalue weighted by Gasteiger charge is -2.25. The number of carbonyl (C=O) groups excluding carboxylic acids is 1. The van der Waals surface area contributed by atoms with Crippen LogP contribution in [0, 0.1) is 0 Å². The van der Waals surface area contributed by atoms with E-state index in [0.717, 1.165) is 12.1 Å². The third kappa shape index (κ3) is 5.20. The Morgan fingerprint density at radius 2 is 1.70 bits per heavy atom. The average Bonchev–Trinajstić information content (AvgIpc) is 2.61. The molecule has 2 aromatic carbocycles. The standard InChI is InChI=1S/C19H24N2O2/c1-23-18(15-20)14-19(22)21(17-10-6-3-7-11-17)13-12-16-8-4-2-5-9-16/h2-11,18H,12-15,20H2,1H3. The van der Waals surface area contributed by atoms with Gasteiger partial charge in [0.2, 0.25) is 5.91 Å². The van der Waals surface area contributed by atoms with E-state index in [1.807, 2.05) is 53.4 Å². The third-order valence-corrected chi connectivity index (χ3v) is 3.83. The van der Waals surface area contributed by atoms with Crippen molar-refractivity contribution < 1.29 is 9.53 Å². The Bertz CT molecular complexity index is 583. The Morgan fingerprint density at radius 1 is 1.09 bits per heavy atom. The number of hydrogen-bond acceptors (Lipinski definition) is 3. The van der Waals surface area contributed by atoms with Crippen molar-refractivity contribution in [3.8, 4) is 0 Å². The van der Waals surface area contributed by atoms with Crippen molar-refractivity contribution in [2.24, 2.45) is 5.73 Å². The van der Waals surface area contributed by atoms with Crippen LogP contribution in [0.4, 0.5) is 5.69 Å². The molecular weight excluding hydrogens is 288 g/mol. The van der Waals surface area contributed by atoms with Gasteiger partial charge in [-0.2, -0.15) is 0 Å². The summed E-state index contributed by atoms with van der Waals surface area (Å²) in [5.74, 6) is 0.0319. The number of methoxy groups -OCH3 is 1. The van der Waals surface area contributed by atoms with Gasteiger partial charge in [-0.3, -0.25) is 4.79 Å². The molecule has 0 fully saturated rings. The van der Waals surface area contributed by atoms with Gasteiger partial charge in [-0.15, -0.1) is 0 Å². The topological polar surface area (TPSA) is 55.6 Å². The van der Waals surface area contributed by atoms with Crippen LogP contribution in [0.15, 0.2) is 60.7 Å². The number of para-hydroxylation sites is 1. The Kier molecular flexibility index (Phi) is 6.78. The maximum Gasteiger partial charge on any atom is 0.229 e. The predicted octanol–water partition coefficient (Wildman–Crippen LogP) is 2.63. The van der Waals surface area contributed by atoms with Crippen LogP contribution >= 0.6 is 0 Å². The summed E-state index contributed by atoms with van der Waals surface area (Å²) in [5.41, 5.74) is 7.75. The molecule has 0 bridgehead atoms. The number of amides is 1. The Labute approximate surface area is 137 Å². The fourth-order valence-electron chi connectivity index (χ4n) is 2.46. The summed E-state index contributed by atoms with van der Waals surface area (Å²) in [4.78, 5) is 14.5. The van der Waals surface area contributed by atoms with Gasteiger partial charge in [0.25, 0.3) is 0 Å². The molecule has 4 heteroatoms. The van der Waals surface area contributed by atoms with E-state index in [0.29, 0.717) is 13.1 Å². The van der Waals surface area contributed by atoms with E-state index in [2.05, 4.69) is 12.1 Å². The number of nitrogens with two attached hydrogens (primary N) is 1. The molecular formula is C19H24N2O2. The van der Waals surface area contributed by atoms with Crippen LogP contribution in [0.2, 0.25) is 0 Å². The van der Waals surface area contributed by atoms with Gasteiger partial charge in [0, 0.05) is 25.9 Å². The van der Waals surface area contributed by atoms with Crippen LogP contribution in [0.5, 0.6) is 0 Å². The van der Waals surface area contributed by atoms with Crippen molar-refractivity contribution in [2.45, 2.75) is 18.9 Å². The summed E-state index contributed by atoms with van der Waals surface area (Å²) in [6, 6.07) is 19.9. The highest BCUT2D eigenvalue weighted by atomic mass is 16.5. The second-order valence-electron chi connectivity index (χ2n) is 5.41. The molecule has 1 unspecified atom stereocenters. The van der Waals surface area contributed by atoms with Gasteiger partial charge in [0.05, 0.1) is 12.5 Å². The third-order valence-electron chi connectivity index (χ3n) is 3.83. The average molecular weight is 312 g/mol. The number of rotatable bonds is 8. The maximum atomic E-state index is 12.7. The van der Waals surface area contributed by atoms with E-state index in [-0.39, 0.29) is 18.4 Å². The van der Waals surface area contributed by atoms with Gasteiger partial charge < -0.3 is 15.4 Å². The molecule has 122 valence electrons. The molecule has 0 aromatic heterocycles. The first-order chi connectivity index (χ1) is 11.2. The Balaban J connectivity index is 2.10. The molecule has 0 radical (unpaired) electrons. The van der Waals surface area contributed by atoms with Crippen LogP contribution in [0.25, 0.3) is 0 Å². The van der Waals surface area contributed by atoms with E-state index >= 15 is 0 Å². The lowest BCUT2D eigenvalue weighted by Crippen LogP contribution is -2.37. The summed E-state index contributed by atoms with van der Waals surface area (Å²) in [6.07, 6.45) is 0.851. The van der Waals surface area contributed by atoms with Gasteiger partial charge in [0.15, 0.2) is 0 Å².